The Morgan fingerprint density at radius 3 is 2.41 bits per heavy atom. The van der Waals surface area contributed by atoms with Gasteiger partial charge in [-0.1, -0.05) is 12.1 Å². The van der Waals surface area contributed by atoms with Crippen LogP contribution in [0.15, 0.2) is 30.3 Å². The van der Waals surface area contributed by atoms with Crippen LogP contribution in [-0.4, -0.2) is 25.7 Å². The van der Waals surface area contributed by atoms with E-state index in [4.69, 9.17) is 4.74 Å². The van der Waals surface area contributed by atoms with Gasteiger partial charge in [-0.05, 0) is 30.7 Å². The Balaban J connectivity index is 2.68. The second kappa shape index (κ2) is 6.48. The third kappa shape index (κ3) is 4.10. The molecule has 0 amide bonds. The van der Waals surface area contributed by atoms with Crippen LogP contribution >= 0.6 is 0 Å². The van der Waals surface area contributed by atoms with Gasteiger partial charge in [-0.3, -0.25) is 0 Å². The molecule has 0 unspecified atom stereocenters. The lowest BCUT2D eigenvalue weighted by atomic mass is 10.1. The summed E-state index contributed by atoms with van der Waals surface area (Å²) in [4.78, 5) is 22.2. The molecule has 0 atom stereocenters. The van der Waals surface area contributed by atoms with Gasteiger partial charge in [0.25, 0.3) is 0 Å². The summed E-state index contributed by atoms with van der Waals surface area (Å²) in [7, 11) is 1.33. The van der Waals surface area contributed by atoms with Crippen molar-refractivity contribution in [2.24, 2.45) is 0 Å². The molecule has 0 spiro atoms. The summed E-state index contributed by atoms with van der Waals surface area (Å²) in [6, 6.07) is 6.72. The van der Waals surface area contributed by atoms with Gasteiger partial charge in [0.15, 0.2) is 0 Å². The van der Waals surface area contributed by atoms with Gasteiger partial charge in [0, 0.05) is 6.08 Å². The first-order valence-corrected chi connectivity index (χ1v) is 5.20. The number of esters is 2. The first-order valence-electron chi connectivity index (χ1n) is 5.20. The molecule has 1 rings (SSSR count). The fraction of sp³-hybridized carbons (Fsp3) is 0.231. The molecule has 4 nitrogen and oxygen atoms in total. The Morgan fingerprint density at radius 1 is 1.24 bits per heavy atom. The summed E-state index contributed by atoms with van der Waals surface area (Å²) >= 11 is 0. The summed E-state index contributed by atoms with van der Waals surface area (Å²) in [5, 5.41) is 0. The molecule has 0 bridgehead atoms. The number of carbonyl (C=O) groups is 2. The van der Waals surface area contributed by atoms with Gasteiger partial charge in [0.05, 0.1) is 19.3 Å². The number of rotatable bonds is 4. The maximum Gasteiger partial charge on any atom is 0.337 e. The average molecular weight is 234 g/mol. The highest BCUT2D eigenvalue weighted by Crippen LogP contribution is 2.07. The average Bonchev–Trinajstić information content (AvgIpc) is 2.36. The first-order chi connectivity index (χ1) is 8.17. The molecule has 0 fully saturated rings. The van der Waals surface area contributed by atoms with E-state index >= 15 is 0 Å². The molecule has 0 aliphatic heterocycles. The highest BCUT2D eigenvalue weighted by molar-refractivity contribution is 5.90. The van der Waals surface area contributed by atoms with Crippen LogP contribution in [0.5, 0.6) is 0 Å². The smallest absolute Gasteiger partial charge is 0.337 e. The Labute approximate surface area is 99.8 Å². The van der Waals surface area contributed by atoms with Crippen molar-refractivity contribution < 1.29 is 19.1 Å². The number of carbonyl (C=O) groups excluding carboxylic acids is 2. The van der Waals surface area contributed by atoms with Gasteiger partial charge in [0.2, 0.25) is 0 Å². The minimum atomic E-state index is -0.385. The van der Waals surface area contributed by atoms with Crippen LogP contribution in [0.4, 0.5) is 0 Å². The summed E-state index contributed by atoms with van der Waals surface area (Å²) in [5.41, 5.74) is 1.28. The van der Waals surface area contributed by atoms with E-state index < -0.39 is 0 Å². The van der Waals surface area contributed by atoms with E-state index in [1.165, 1.54) is 13.2 Å². The van der Waals surface area contributed by atoms with Crippen molar-refractivity contribution in [2.45, 2.75) is 6.92 Å². The SMILES string of the molecule is CCOC(=O)C=Cc1ccc(C(=O)OC)cc1. The molecule has 90 valence electrons. The van der Waals surface area contributed by atoms with Crippen molar-refractivity contribution in [1.82, 2.24) is 0 Å². The molecule has 0 N–H and O–H groups in total. The van der Waals surface area contributed by atoms with Gasteiger partial charge in [-0.2, -0.15) is 0 Å². The Bertz CT molecular complexity index is 418. The van der Waals surface area contributed by atoms with E-state index in [9.17, 15) is 9.59 Å². The molecular formula is C13H14O4. The van der Waals surface area contributed by atoms with Gasteiger partial charge in [0.1, 0.15) is 0 Å². The Hall–Kier alpha value is -2.10. The number of methoxy groups -OCH3 is 1. The van der Waals surface area contributed by atoms with Crippen molar-refractivity contribution in [3.05, 3.63) is 41.5 Å². The zero-order chi connectivity index (χ0) is 12.7. The number of benzene rings is 1. The molecule has 0 saturated heterocycles. The lowest BCUT2D eigenvalue weighted by molar-refractivity contribution is -0.137. The molecule has 0 radical (unpaired) electrons. The Kier molecular flexibility index (Phi) is 4.94. The summed E-state index contributed by atoms with van der Waals surface area (Å²) < 4.78 is 9.32. The van der Waals surface area contributed by atoms with Crippen molar-refractivity contribution >= 4 is 18.0 Å². The van der Waals surface area contributed by atoms with Crippen LogP contribution in [0.25, 0.3) is 6.08 Å². The third-order valence-corrected chi connectivity index (χ3v) is 2.03. The van der Waals surface area contributed by atoms with E-state index in [0.29, 0.717) is 12.2 Å². The second-order valence-electron chi connectivity index (χ2n) is 3.20. The monoisotopic (exact) mass is 234 g/mol. The predicted molar refractivity (Wildman–Crippen MR) is 63.4 cm³/mol. The first kappa shape index (κ1) is 13.0. The highest BCUT2D eigenvalue weighted by Gasteiger charge is 2.03. The van der Waals surface area contributed by atoms with Crippen LogP contribution in [-0.2, 0) is 14.3 Å². The van der Waals surface area contributed by atoms with Gasteiger partial charge >= 0.3 is 11.9 Å². The lowest BCUT2D eigenvalue weighted by Crippen LogP contribution is -2.00. The lowest BCUT2D eigenvalue weighted by Gasteiger charge is -1.99. The number of hydrogen-bond acceptors (Lipinski definition) is 4. The van der Waals surface area contributed by atoms with E-state index in [2.05, 4.69) is 4.74 Å². The molecule has 17 heavy (non-hydrogen) atoms. The predicted octanol–water partition coefficient (Wildman–Crippen LogP) is 2.05. The molecule has 1 aromatic rings. The summed E-state index contributed by atoms with van der Waals surface area (Å²) in [6.45, 7) is 2.10. The van der Waals surface area contributed by atoms with Gasteiger partial charge in [-0.25, -0.2) is 9.59 Å². The number of hydrogen-bond donors (Lipinski definition) is 0. The van der Waals surface area contributed by atoms with Gasteiger partial charge < -0.3 is 9.47 Å². The quantitative estimate of drug-likeness (QED) is 0.591. The zero-order valence-electron chi connectivity index (χ0n) is 9.80. The van der Waals surface area contributed by atoms with Crippen LogP contribution in [0.1, 0.15) is 22.8 Å². The largest absolute Gasteiger partial charge is 0.465 e. The second-order valence-corrected chi connectivity index (χ2v) is 3.20. The normalized spacial score (nSPS) is 10.2. The summed E-state index contributed by atoms with van der Waals surface area (Å²) in [5.74, 6) is -0.768. The van der Waals surface area contributed by atoms with Crippen LogP contribution in [0.2, 0.25) is 0 Å². The summed E-state index contributed by atoms with van der Waals surface area (Å²) in [6.07, 6.45) is 2.97. The maximum absolute atomic E-state index is 11.2. The van der Waals surface area contributed by atoms with Gasteiger partial charge in [-0.15, -0.1) is 0 Å². The van der Waals surface area contributed by atoms with Crippen molar-refractivity contribution in [3.8, 4) is 0 Å². The van der Waals surface area contributed by atoms with E-state index in [1.807, 2.05) is 0 Å². The fourth-order valence-corrected chi connectivity index (χ4v) is 1.20. The maximum atomic E-state index is 11.2. The molecule has 0 aliphatic carbocycles. The minimum Gasteiger partial charge on any atom is -0.465 e. The number of ether oxygens (including phenoxy) is 2. The molecule has 0 saturated carbocycles. The van der Waals surface area contributed by atoms with Crippen molar-refractivity contribution in [3.63, 3.8) is 0 Å². The topological polar surface area (TPSA) is 52.6 Å². The van der Waals surface area contributed by atoms with Crippen LogP contribution in [0, 0.1) is 0 Å². The highest BCUT2D eigenvalue weighted by atomic mass is 16.5. The molecule has 4 heteroatoms. The Morgan fingerprint density at radius 2 is 1.88 bits per heavy atom. The zero-order valence-corrected chi connectivity index (χ0v) is 9.80. The van der Waals surface area contributed by atoms with Crippen LogP contribution in [0.3, 0.4) is 0 Å². The van der Waals surface area contributed by atoms with Crippen molar-refractivity contribution in [1.29, 1.82) is 0 Å². The molecule has 1 aromatic carbocycles. The van der Waals surface area contributed by atoms with Crippen molar-refractivity contribution in [2.75, 3.05) is 13.7 Å². The van der Waals surface area contributed by atoms with E-state index in [0.717, 1.165) is 5.56 Å². The standard InChI is InChI=1S/C13H14O4/c1-3-17-12(14)9-6-10-4-7-11(8-5-10)13(15)16-2/h4-9H,3H2,1-2H3. The molecule has 0 heterocycles. The molecule has 0 aromatic heterocycles. The van der Waals surface area contributed by atoms with E-state index in [1.54, 1.807) is 37.3 Å². The molecule has 0 aliphatic rings. The fourth-order valence-electron chi connectivity index (χ4n) is 1.20. The minimum absolute atomic E-state index is 0.352. The third-order valence-electron chi connectivity index (χ3n) is 2.03. The molecular weight excluding hydrogens is 220 g/mol. The van der Waals surface area contributed by atoms with E-state index in [-0.39, 0.29) is 11.9 Å². The van der Waals surface area contributed by atoms with Crippen LogP contribution < -0.4 is 0 Å².